The highest BCUT2D eigenvalue weighted by molar-refractivity contribution is 5.72. The summed E-state index contributed by atoms with van der Waals surface area (Å²) in [6, 6.07) is 18.6. The van der Waals surface area contributed by atoms with E-state index in [9.17, 15) is 26.3 Å². The number of benzene rings is 2. The number of aromatic nitrogens is 4. The van der Waals surface area contributed by atoms with Gasteiger partial charge in [-0.25, -0.2) is 9.97 Å². The molecule has 0 bridgehead atoms. The minimum absolute atomic E-state index is 0.203. The van der Waals surface area contributed by atoms with E-state index in [1.54, 1.807) is 48.5 Å². The van der Waals surface area contributed by atoms with Crippen molar-refractivity contribution in [2.75, 3.05) is 0 Å². The SMILES string of the molecule is FC(F)(F)c1oc(-c2ccc(-c3ccc(-c4nc(-c5ccncc5)c(C(F)(F)F)o4)cc3)cc2)nc1-c1ccncc1. The summed E-state index contributed by atoms with van der Waals surface area (Å²) in [5.41, 5.74) is 1.79. The molecule has 0 unspecified atom stereocenters. The zero-order valence-corrected chi connectivity index (χ0v) is 21.1. The van der Waals surface area contributed by atoms with Gasteiger partial charge in [0.2, 0.25) is 23.3 Å². The Morgan fingerprint density at radius 1 is 0.405 bits per heavy atom. The minimum atomic E-state index is -4.76. The molecule has 210 valence electrons. The van der Waals surface area contributed by atoms with E-state index in [1.165, 1.54) is 49.1 Å². The highest BCUT2D eigenvalue weighted by Crippen LogP contribution is 2.41. The van der Waals surface area contributed by atoms with E-state index in [0.29, 0.717) is 22.3 Å². The van der Waals surface area contributed by atoms with Crippen LogP contribution in [0.1, 0.15) is 11.5 Å². The fourth-order valence-corrected chi connectivity index (χ4v) is 4.29. The summed E-state index contributed by atoms with van der Waals surface area (Å²) in [6.45, 7) is 0. The summed E-state index contributed by atoms with van der Waals surface area (Å²) in [6.07, 6.45) is -4.06. The molecule has 12 heteroatoms. The van der Waals surface area contributed by atoms with Crippen LogP contribution in [0.3, 0.4) is 0 Å². The molecule has 0 saturated carbocycles. The number of pyridine rings is 2. The van der Waals surface area contributed by atoms with Crippen LogP contribution in [0.2, 0.25) is 0 Å². The maximum Gasteiger partial charge on any atom is 0.451 e. The number of rotatable bonds is 5. The molecule has 6 nitrogen and oxygen atoms in total. The van der Waals surface area contributed by atoms with E-state index in [1.807, 2.05) is 0 Å². The van der Waals surface area contributed by atoms with Gasteiger partial charge in [0.25, 0.3) is 0 Å². The predicted molar refractivity (Wildman–Crippen MR) is 139 cm³/mol. The molecule has 6 aromatic rings. The van der Waals surface area contributed by atoms with Crippen molar-refractivity contribution in [2.45, 2.75) is 12.4 Å². The number of oxazole rings is 2. The highest BCUT2D eigenvalue weighted by atomic mass is 19.4. The Labute approximate surface area is 233 Å². The van der Waals surface area contributed by atoms with Crippen molar-refractivity contribution in [2.24, 2.45) is 0 Å². The van der Waals surface area contributed by atoms with Crippen molar-refractivity contribution in [3.63, 3.8) is 0 Å². The van der Waals surface area contributed by atoms with Crippen LogP contribution in [0.25, 0.3) is 56.6 Å². The molecule has 0 amide bonds. The van der Waals surface area contributed by atoms with Crippen molar-refractivity contribution >= 4 is 0 Å². The predicted octanol–water partition coefficient (Wildman–Crippen LogP) is 8.83. The second kappa shape index (κ2) is 10.3. The van der Waals surface area contributed by atoms with Crippen molar-refractivity contribution in [3.8, 4) is 56.6 Å². The van der Waals surface area contributed by atoms with Gasteiger partial charge in [-0.15, -0.1) is 0 Å². The fourth-order valence-electron chi connectivity index (χ4n) is 4.29. The zero-order valence-electron chi connectivity index (χ0n) is 21.1. The first-order valence-electron chi connectivity index (χ1n) is 12.3. The highest BCUT2D eigenvalue weighted by Gasteiger charge is 2.41. The van der Waals surface area contributed by atoms with Crippen LogP contribution >= 0.6 is 0 Å². The van der Waals surface area contributed by atoms with Gasteiger partial charge in [0.05, 0.1) is 0 Å². The second-order valence-corrected chi connectivity index (χ2v) is 9.02. The molecule has 0 spiro atoms. The van der Waals surface area contributed by atoms with Gasteiger partial charge in [0, 0.05) is 47.0 Å². The first kappa shape index (κ1) is 26.9. The molecule has 4 aromatic heterocycles. The topological polar surface area (TPSA) is 77.8 Å². The van der Waals surface area contributed by atoms with Gasteiger partial charge in [-0.3, -0.25) is 9.97 Å². The van der Waals surface area contributed by atoms with Gasteiger partial charge in [0.15, 0.2) is 0 Å². The molecule has 0 atom stereocenters. The quantitative estimate of drug-likeness (QED) is 0.190. The zero-order chi connectivity index (χ0) is 29.5. The van der Waals surface area contributed by atoms with Crippen LogP contribution in [0.15, 0.2) is 106 Å². The molecule has 2 aromatic carbocycles. The Balaban J connectivity index is 1.28. The monoisotopic (exact) mass is 578 g/mol. The molecular formula is C30H16F6N4O2. The Morgan fingerprint density at radius 3 is 1.02 bits per heavy atom. The molecular weight excluding hydrogens is 562 g/mol. The first-order valence-corrected chi connectivity index (χ1v) is 12.3. The Morgan fingerprint density at radius 2 is 0.714 bits per heavy atom. The van der Waals surface area contributed by atoms with Crippen LogP contribution in [-0.2, 0) is 12.4 Å². The lowest BCUT2D eigenvalue weighted by Crippen LogP contribution is -2.05. The number of nitrogens with zero attached hydrogens (tertiary/aromatic N) is 4. The van der Waals surface area contributed by atoms with E-state index in [-0.39, 0.29) is 34.3 Å². The maximum atomic E-state index is 13.7. The fraction of sp³-hybridized carbons (Fsp3) is 0.0667. The largest absolute Gasteiger partial charge is 0.451 e. The lowest BCUT2D eigenvalue weighted by Gasteiger charge is -2.05. The molecule has 0 aliphatic rings. The summed E-state index contributed by atoms with van der Waals surface area (Å²) < 4.78 is 92.2. The number of hydrogen-bond acceptors (Lipinski definition) is 6. The van der Waals surface area contributed by atoms with Crippen molar-refractivity contribution in [3.05, 3.63) is 109 Å². The lowest BCUT2D eigenvalue weighted by molar-refractivity contribution is -0.152. The summed E-state index contributed by atoms with van der Waals surface area (Å²) in [5.74, 6) is -2.83. The van der Waals surface area contributed by atoms with Crippen LogP contribution in [0.5, 0.6) is 0 Å². The van der Waals surface area contributed by atoms with Crippen LogP contribution in [0.4, 0.5) is 26.3 Å². The average Bonchev–Trinajstić information content (AvgIpc) is 3.65. The molecule has 0 N–H and O–H groups in total. The third-order valence-electron chi connectivity index (χ3n) is 6.27. The second-order valence-electron chi connectivity index (χ2n) is 9.02. The Kier molecular flexibility index (Phi) is 6.60. The molecule has 42 heavy (non-hydrogen) atoms. The van der Waals surface area contributed by atoms with Crippen LogP contribution in [0, 0.1) is 0 Å². The third-order valence-corrected chi connectivity index (χ3v) is 6.27. The number of halogens is 6. The normalized spacial score (nSPS) is 12.0. The lowest BCUT2D eigenvalue weighted by atomic mass is 10.0. The molecule has 0 fully saturated rings. The van der Waals surface area contributed by atoms with E-state index in [2.05, 4.69) is 19.9 Å². The number of hydrogen-bond donors (Lipinski definition) is 0. The third kappa shape index (κ3) is 5.26. The maximum absolute atomic E-state index is 13.7. The minimum Gasteiger partial charge on any atom is -0.431 e. The average molecular weight is 578 g/mol. The molecule has 4 heterocycles. The van der Waals surface area contributed by atoms with E-state index in [4.69, 9.17) is 8.83 Å². The smallest absolute Gasteiger partial charge is 0.431 e. The standard InChI is InChI=1S/C30H16F6N4O2/c31-29(32,33)25-23(19-9-13-37-14-10-19)39-27(41-25)21-5-1-17(2-6-21)18-3-7-22(8-4-18)28-40-24(20-11-15-38-16-12-20)26(42-28)30(34,35)36/h1-16H. The summed E-state index contributed by atoms with van der Waals surface area (Å²) >= 11 is 0. The summed E-state index contributed by atoms with van der Waals surface area (Å²) in [7, 11) is 0. The molecule has 0 aliphatic heterocycles. The van der Waals surface area contributed by atoms with Gasteiger partial charge in [-0.1, -0.05) is 24.3 Å². The van der Waals surface area contributed by atoms with Gasteiger partial charge in [-0.2, -0.15) is 26.3 Å². The molecule has 6 rings (SSSR count). The van der Waals surface area contributed by atoms with E-state index >= 15 is 0 Å². The van der Waals surface area contributed by atoms with Crippen LogP contribution < -0.4 is 0 Å². The van der Waals surface area contributed by atoms with Crippen LogP contribution in [-0.4, -0.2) is 19.9 Å². The summed E-state index contributed by atoms with van der Waals surface area (Å²) in [4.78, 5) is 15.8. The van der Waals surface area contributed by atoms with E-state index in [0.717, 1.165) is 0 Å². The van der Waals surface area contributed by atoms with Gasteiger partial charge >= 0.3 is 12.4 Å². The van der Waals surface area contributed by atoms with Crippen molar-refractivity contribution in [1.29, 1.82) is 0 Å². The van der Waals surface area contributed by atoms with Gasteiger partial charge < -0.3 is 8.83 Å². The van der Waals surface area contributed by atoms with E-state index < -0.39 is 23.9 Å². The van der Waals surface area contributed by atoms with Gasteiger partial charge in [-0.05, 0) is 59.7 Å². The van der Waals surface area contributed by atoms with Crippen molar-refractivity contribution in [1.82, 2.24) is 19.9 Å². The molecule has 0 saturated heterocycles. The van der Waals surface area contributed by atoms with Crippen molar-refractivity contribution < 1.29 is 35.2 Å². The first-order chi connectivity index (χ1) is 20.1. The number of alkyl halides is 6. The van der Waals surface area contributed by atoms with Gasteiger partial charge in [0.1, 0.15) is 11.4 Å². The molecule has 0 radical (unpaired) electrons. The Hall–Kier alpha value is -5.26. The molecule has 0 aliphatic carbocycles. The Bertz CT molecular complexity index is 1690. The summed E-state index contributed by atoms with van der Waals surface area (Å²) in [5, 5.41) is 0.